The van der Waals surface area contributed by atoms with Crippen LogP contribution in [0.5, 0.6) is 0 Å². The zero-order valence-corrected chi connectivity index (χ0v) is 8.34. The first kappa shape index (κ1) is 9.65. The van der Waals surface area contributed by atoms with Gasteiger partial charge in [-0.05, 0) is 24.1 Å². The molecule has 0 aliphatic heterocycles. The molecule has 0 unspecified atom stereocenters. The van der Waals surface area contributed by atoms with Crippen molar-refractivity contribution in [3.8, 4) is 0 Å². The molecule has 0 bridgehead atoms. The molecule has 3 nitrogen and oxygen atoms in total. The lowest BCUT2D eigenvalue weighted by atomic mass is 10.2. The second-order valence-corrected chi connectivity index (χ2v) is 3.41. The second-order valence-electron chi connectivity index (χ2n) is 3.41. The van der Waals surface area contributed by atoms with E-state index in [1.165, 1.54) is 5.56 Å². The Balaban J connectivity index is 1.96. The Morgan fingerprint density at radius 3 is 3.00 bits per heavy atom. The van der Waals surface area contributed by atoms with Crippen molar-refractivity contribution in [2.75, 3.05) is 0 Å². The van der Waals surface area contributed by atoms with Gasteiger partial charge in [0.15, 0.2) is 6.29 Å². The number of nitrogens with zero attached hydrogens (tertiary/aromatic N) is 2. The van der Waals surface area contributed by atoms with Gasteiger partial charge in [-0.1, -0.05) is 6.07 Å². The van der Waals surface area contributed by atoms with E-state index < -0.39 is 0 Å². The number of aromatic nitrogens is 2. The second kappa shape index (κ2) is 4.55. The molecule has 0 N–H and O–H groups in total. The monoisotopic (exact) mass is 200 g/mol. The van der Waals surface area contributed by atoms with Gasteiger partial charge >= 0.3 is 0 Å². The largest absolute Gasteiger partial charge is 0.353 e. The van der Waals surface area contributed by atoms with Gasteiger partial charge in [0, 0.05) is 36.9 Å². The molecule has 0 aliphatic carbocycles. The number of hydrogen-bond donors (Lipinski definition) is 0. The third-order valence-electron chi connectivity index (χ3n) is 2.29. The van der Waals surface area contributed by atoms with Crippen molar-refractivity contribution < 1.29 is 4.79 Å². The molecule has 0 amide bonds. The van der Waals surface area contributed by atoms with E-state index in [0.717, 1.165) is 24.8 Å². The Bertz CT molecular complexity index is 434. The van der Waals surface area contributed by atoms with Gasteiger partial charge in [-0.3, -0.25) is 9.78 Å². The summed E-state index contributed by atoms with van der Waals surface area (Å²) in [5.74, 6) is 0. The molecule has 0 radical (unpaired) electrons. The lowest BCUT2D eigenvalue weighted by molar-refractivity contribution is 0.112. The molecule has 2 heterocycles. The third-order valence-corrected chi connectivity index (χ3v) is 2.29. The molecule has 0 atom stereocenters. The van der Waals surface area contributed by atoms with Crippen LogP contribution in [0.3, 0.4) is 0 Å². The maximum absolute atomic E-state index is 10.5. The van der Waals surface area contributed by atoms with Crippen LogP contribution in [0.1, 0.15) is 15.9 Å². The summed E-state index contributed by atoms with van der Waals surface area (Å²) in [5.41, 5.74) is 1.93. The average molecular weight is 200 g/mol. The van der Waals surface area contributed by atoms with E-state index in [0.29, 0.717) is 0 Å². The van der Waals surface area contributed by atoms with E-state index in [1.807, 2.05) is 35.3 Å². The summed E-state index contributed by atoms with van der Waals surface area (Å²) in [6.07, 6.45) is 9.19. The van der Waals surface area contributed by atoms with Gasteiger partial charge in [-0.25, -0.2) is 0 Å². The fourth-order valence-electron chi connectivity index (χ4n) is 1.47. The Labute approximate surface area is 88.4 Å². The number of rotatable bonds is 4. The van der Waals surface area contributed by atoms with Gasteiger partial charge in [-0.2, -0.15) is 0 Å². The highest BCUT2D eigenvalue weighted by Gasteiger charge is 1.96. The van der Waals surface area contributed by atoms with E-state index >= 15 is 0 Å². The van der Waals surface area contributed by atoms with E-state index in [9.17, 15) is 4.79 Å². The quantitative estimate of drug-likeness (QED) is 0.707. The van der Waals surface area contributed by atoms with Gasteiger partial charge in [0.05, 0.1) is 0 Å². The van der Waals surface area contributed by atoms with Crippen molar-refractivity contribution in [1.29, 1.82) is 0 Å². The first-order chi connectivity index (χ1) is 7.38. The van der Waals surface area contributed by atoms with Crippen LogP contribution in [0, 0.1) is 0 Å². The highest BCUT2D eigenvalue weighted by molar-refractivity contribution is 5.74. The number of carbonyl (C=O) groups excluding carboxylic acids is 1. The Hall–Kier alpha value is -1.90. The fraction of sp³-hybridized carbons (Fsp3) is 0.167. The highest BCUT2D eigenvalue weighted by atomic mass is 16.1. The summed E-state index contributed by atoms with van der Waals surface area (Å²) in [6.45, 7) is 0.875. The van der Waals surface area contributed by atoms with Crippen LogP contribution in [0.25, 0.3) is 0 Å². The Morgan fingerprint density at radius 2 is 2.33 bits per heavy atom. The number of aldehydes is 1. The fourth-order valence-corrected chi connectivity index (χ4v) is 1.47. The van der Waals surface area contributed by atoms with E-state index in [4.69, 9.17) is 0 Å². The van der Waals surface area contributed by atoms with Gasteiger partial charge < -0.3 is 4.57 Å². The van der Waals surface area contributed by atoms with Gasteiger partial charge in [0.25, 0.3) is 0 Å². The van der Waals surface area contributed by atoms with Crippen LogP contribution in [0.15, 0.2) is 43.0 Å². The van der Waals surface area contributed by atoms with Crippen molar-refractivity contribution in [2.24, 2.45) is 0 Å². The molecule has 0 saturated carbocycles. The van der Waals surface area contributed by atoms with Crippen LogP contribution in [0.4, 0.5) is 0 Å². The van der Waals surface area contributed by atoms with Crippen molar-refractivity contribution in [3.05, 3.63) is 54.1 Å². The number of carbonyl (C=O) groups is 1. The SMILES string of the molecule is O=Cc1ccn(CCc2cccnc2)c1. The molecular formula is C12H12N2O. The standard InChI is InChI=1S/C12H12N2O/c15-10-12-4-7-14(9-12)6-3-11-2-1-5-13-8-11/h1-2,4-5,7-10H,3,6H2. The van der Waals surface area contributed by atoms with Crippen molar-refractivity contribution in [3.63, 3.8) is 0 Å². The van der Waals surface area contributed by atoms with Crippen LogP contribution < -0.4 is 0 Å². The number of pyridine rings is 1. The molecule has 2 rings (SSSR count). The van der Waals surface area contributed by atoms with Crippen molar-refractivity contribution in [1.82, 2.24) is 9.55 Å². The van der Waals surface area contributed by atoms with Gasteiger partial charge in [0.1, 0.15) is 0 Å². The maximum atomic E-state index is 10.5. The van der Waals surface area contributed by atoms with E-state index in [-0.39, 0.29) is 0 Å². The maximum Gasteiger partial charge on any atom is 0.151 e. The summed E-state index contributed by atoms with van der Waals surface area (Å²) in [6, 6.07) is 5.80. The van der Waals surface area contributed by atoms with E-state index in [1.54, 1.807) is 6.20 Å². The lowest BCUT2D eigenvalue weighted by Gasteiger charge is -2.01. The predicted octanol–water partition coefficient (Wildman–Crippen LogP) is 1.94. The molecule has 2 aromatic heterocycles. The Morgan fingerprint density at radius 1 is 1.40 bits per heavy atom. The molecule has 15 heavy (non-hydrogen) atoms. The normalized spacial score (nSPS) is 10.1. The average Bonchev–Trinajstić information content (AvgIpc) is 2.76. The summed E-state index contributed by atoms with van der Waals surface area (Å²) in [7, 11) is 0. The van der Waals surface area contributed by atoms with Crippen LogP contribution >= 0.6 is 0 Å². The summed E-state index contributed by atoms with van der Waals surface area (Å²) in [4.78, 5) is 14.5. The molecule has 0 aromatic carbocycles. The zero-order valence-electron chi connectivity index (χ0n) is 8.34. The number of aryl methyl sites for hydroxylation is 2. The lowest BCUT2D eigenvalue weighted by Crippen LogP contribution is -1.98. The molecule has 3 heteroatoms. The van der Waals surface area contributed by atoms with Gasteiger partial charge in [-0.15, -0.1) is 0 Å². The zero-order chi connectivity index (χ0) is 10.5. The van der Waals surface area contributed by atoms with Crippen molar-refractivity contribution in [2.45, 2.75) is 13.0 Å². The van der Waals surface area contributed by atoms with Crippen LogP contribution in [-0.2, 0) is 13.0 Å². The van der Waals surface area contributed by atoms with Crippen LogP contribution in [0.2, 0.25) is 0 Å². The Kier molecular flexibility index (Phi) is 2.93. The summed E-state index contributed by atoms with van der Waals surface area (Å²) >= 11 is 0. The molecule has 76 valence electrons. The molecule has 0 aliphatic rings. The predicted molar refractivity (Wildman–Crippen MR) is 57.8 cm³/mol. The molecule has 0 saturated heterocycles. The minimum Gasteiger partial charge on any atom is -0.353 e. The first-order valence-electron chi connectivity index (χ1n) is 4.88. The molecular weight excluding hydrogens is 188 g/mol. The smallest absolute Gasteiger partial charge is 0.151 e. The number of hydrogen-bond acceptors (Lipinski definition) is 2. The molecule has 0 spiro atoms. The van der Waals surface area contributed by atoms with Crippen LogP contribution in [-0.4, -0.2) is 15.8 Å². The highest BCUT2D eigenvalue weighted by Crippen LogP contribution is 2.02. The minimum absolute atomic E-state index is 0.723. The molecule has 0 fully saturated rings. The summed E-state index contributed by atoms with van der Waals surface area (Å²) < 4.78 is 2.01. The van der Waals surface area contributed by atoms with Crippen molar-refractivity contribution >= 4 is 6.29 Å². The third kappa shape index (κ3) is 2.53. The van der Waals surface area contributed by atoms with Gasteiger partial charge in [0.2, 0.25) is 0 Å². The summed E-state index contributed by atoms with van der Waals surface area (Å²) in [5, 5.41) is 0. The molecule has 2 aromatic rings. The topological polar surface area (TPSA) is 34.9 Å². The first-order valence-corrected chi connectivity index (χ1v) is 4.88. The van der Waals surface area contributed by atoms with E-state index in [2.05, 4.69) is 11.1 Å². The minimum atomic E-state index is 0.723.